The molecule has 6 rings (SSSR count). The lowest BCUT2D eigenvalue weighted by molar-refractivity contribution is 0.124. The predicted molar refractivity (Wildman–Crippen MR) is 162 cm³/mol. The number of hydrogen-bond donors (Lipinski definition) is 2. The highest BCUT2D eigenvalue weighted by Gasteiger charge is 2.25. The zero-order valence-corrected chi connectivity index (χ0v) is 24.3. The second-order valence-electron chi connectivity index (χ2n) is 12.8. The van der Waals surface area contributed by atoms with Gasteiger partial charge in [-0.1, -0.05) is 52.8 Å². The molecule has 1 fully saturated rings. The number of aromatic amines is 2. The van der Waals surface area contributed by atoms with Crippen molar-refractivity contribution in [2.24, 2.45) is 11.3 Å². The molecule has 40 heavy (non-hydrogen) atoms. The van der Waals surface area contributed by atoms with E-state index < -0.39 is 0 Å². The van der Waals surface area contributed by atoms with Gasteiger partial charge in [-0.15, -0.1) is 0 Å². The number of nitrogens with zero attached hydrogens (tertiary/aromatic N) is 4. The minimum atomic E-state index is 0.144. The zero-order valence-electron chi connectivity index (χ0n) is 24.3. The first kappa shape index (κ1) is 26.5. The molecule has 3 heterocycles. The fraction of sp³-hybridized carbons (Fsp3) is 0.424. The Morgan fingerprint density at radius 1 is 0.875 bits per heavy atom. The van der Waals surface area contributed by atoms with Crippen molar-refractivity contribution < 1.29 is 4.74 Å². The number of likely N-dealkylation sites (tertiary alicyclic amines) is 1. The molecule has 7 nitrogen and oxygen atoms in total. The molecular formula is C33H40N6O. The Hall–Kier alpha value is -3.71. The number of hydrogen-bond acceptors (Lipinski definition) is 5. The van der Waals surface area contributed by atoms with Crippen LogP contribution >= 0.6 is 0 Å². The smallest absolute Gasteiger partial charge is 0.181 e. The molecule has 0 aliphatic carbocycles. The van der Waals surface area contributed by atoms with Crippen LogP contribution < -0.4 is 4.74 Å². The molecule has 0 amide bonds. The highest BCUT2D eigenvalue weighted by Crippen LogP contribution is 2.33. The Bertz CT molecular complexity index is 1620. The third-order valence-corrected chi connectivity index (χ3v) is 7.94. The van der Waals surface area contributed by atoms with Crippen LogP contribution in [0.3, 0.4) is 0 Å². The maximum absolute atomic E-state index is 6.32. The van der Waals surface area contributed by atoms with Crippen molar-refractivity contribution in [3.63, 3.8) is 0 Å². The summed E-state index contributed by atoms with van der Waals surface area (Å²) >= 11 is 0. The quantitative estimate of drug-likeness (QED) is 0.218. The topological polar surface area (TPSA) is 82.7 Å². The number of H-pyrrole nitrogens is 2. The molecule has 1 atom stereocenters. The molecule has 0 spiro atoms. The summed E-state index contributed by atoms with van der Waals surface area (Å²) in [6, 6.07) is 19.6. The largest absolute Gasteiger partial charge is 0.492 e. The fourth-order valence-corrected chi connectivity index (χ4v) is 5.81. The summed E-state index contributed by atoms with van der Waals surface area (Å²) in [5.41, 5.74) is 4.11. The van der Waals surface area contributed by atoms with E-state index in [0.717, 1.165) is 63.1 Å². The molecule has 1 saturated heterocycles. The Labute approximate surface area is 236 Å². The summed E-state index contributed by atoms with van der Waals surface area (Å²) in [5.74, 6) is 3.12. The maximum atomic E-state index is 6.32. The van der Waals surface area contributed by atoms with Gasteiger partial charge in [0.15, 0.2) is 5.82 Å². The van der Waals surface area contributed by atoms with Gasteiger partial charge in [0.05, 0.1) is 11.2 Å². The molecule has 0 radical (unpaired) electrons. The van der Waals surface area contributed by atoms with E-state index in [-0.39, 0.29) is 5.41 Å². The van der Waals surface area contributed by atoms with Crippen molar-refractivity contribution in [3.8, 4) is 28.4 Å². The van der Waals surface area contributed by atoms with Crippen LogP contribution in [0.4, 0.5) is 0 Å². The van der Waals surface area contributed by atoms with Crippen molar-refractivity contribution >= 4 is 21.7 Å². The molecule has 3 aromatic carbocycles. The van der Waals surface area contributed by atoms with Crippen LogP contribution in [-0.4, -0.2) is 56.0 Å². The average molecular weight is 537 g/mol. The summed E-state index contributed by atoms with van der Waals surface area (Å²) in [5, 5.41) is 18.9. The van der Waals surface area contributed by atoms with Gasteiger partial charge in [-0.3, -0.25) is 15.1 Å². The summed E-state index contributed by atoms with van der Waals surface area (Å²) in [4.78, 5) is 7.34. The van der Waals surface area contributed by atoms with Crippen molar-refractivity contribution in [1.82, 2.24) is 30.3 Å². The predicted octanol–water partition coefficient (Wildman–Crippen LogP) is 7.26. The molecule has 1 unspecified atom stereocenters. The molecule has 7 heteroatoms. The molecule has 208 valence electrons. The molecule has 0 bridgehead atoms. The molecule has 1 aliphatic rings. The Kier molecular flexibility index (Phi) is 7.09. The number of benzene rings is 3. The maximum Gasteiger partial charge on any atom is 0.181 e. The number of fused-ring (bicyclic) bond motifs is 2. The van der Waals surface area contributed by atoms with Crippen LogP contribution in [0.2, 0.25) is 0 Å². The fourth-order valence-electron chi connectivity index (χ4n) is 5.81. The van der Waals surface area contributed by atoms with Crippen molar-refractivity contribution in [3.05, 3.63) is 60.4 Å². The normalized spacial score (nSPS) is 15.4. The van der Waals surface area contributed by atoms with Gasteiger partial charge < -0.3 is 4.74 Å². The monoisotopic (exact) mass is 536 g/mol. The summed E-state index contributed by atoms with van der Waals surface area (Å²) < 4.78 is 6.32. The van der Waals surface area contributed by atoms with Crippen molar-refractivity contribution in [2.75, 3.05) is 19.7 Å². The minimum Gasteiger partial charge on any atom is -0.492 e. The number of nitrogens with one attached hydrogen (secondary N) is 2. The first-order chi connectivity index (χ1) is 19.2. The molecule has 2 N–H and O–H groups in total. The Morgan fingerprint density at radius 2 is 1.62 bits per heavy atom. The second kappa shape index (κ2) is 10.7. The lowest BCUT2D eigenvalue weighted by atomic mass is 9.92. The third-order valence-electron chi connectivity index (χ3n) is 7.94. The van der Waals surface area contributed by atoms with Gasteiger partial charge in [0.2, 0.25) is 0 Å². The van der Waals surface area contributed by atoms with Crippen LogP contribution in [0.1, 0.15) is 53.3 Å². The molecular weight excluding hydrogens is 496 g/mol. The van der Waals surface area contributed by atoms with Crippen molar-refractivity contribution in [2.45, 2.75) is 59.9 Å². The van der Waals surface area contributed by atoms with Crippen LogP contribution in [0.25, 0.3) is 44.3 Å². The van der Waals surface area contributed by atoms with Crippen LogP contribution in [-0.2, 0) is 6.42 Å². The van der Waals surface area contributed by atoms with Crippen LogP contribution in [0.5, 0.6) is 5.75 Å². The summed E-state index contributed by atoms with van der Waals surface area (Å²) in [6.45, 7) is 14.3. The van der Waals surface area contributed by atoms with E-state index in [1.54, 1.807) is 0 Å². The Balaban J connectivity index is 1.23. The number of rotatable bonds is 8. The van der Waals surface area contributed by atoms with Gasteiger partial charge in [0.25, 0.3) is 0 Å². The highest BCUT2D eigenvalue weighted by molar-refractivity contribution is 5.97. The van der Waals surface area contributed by atoms with Gasteiger partial charge >= 0.3 is 0 Å². The zero-order chi connectivity index (χ0) is 27.9. The average Bonchev–Trinajstić information content (AvgIpc) is 3.68. The number of ether oxygens (including phenoxy) is 1. The Morgan fingerprint density at radius 3 is 2.40 bits per heavy atom. The van der Waals surface area contributed by atoms with Gasteiger partial charge in [-0.25, -0.2) is 4.98 Å². The first-order valence-corrected chi connectivity index (χ1v) is 14.5. The van der Waals surface area contributed by atoms with Gasteiger partial charge in [-0.05, 0) is 84.4 Å². The van der Waals surface area contributed by atoms with Gasteiger partial charge in [0.1, 0.15) is 18.2 Å². The van der Waals surface area contributed by atoms with E-state index in [4.69, 9.17) is 9.72 Å². The molecule has 2 aromatic heterocycles. The first-order valence-electron chi connectivity index (χ1n) is 14.5. The molecule has 5 aromatic rings. The van der Waals surface area contributed by atoms with Crippen LogP contribution in [0, 0.1) is 11.3 Å². The summed E-state index contributed by atoms with van der Waals surface area (Å²) in [6.07, 6.45) is 3.44. The highest BCUT2D eigenvalue weighted by atomic mass is 16.5. The minimum absolute atomic E-state index is 0.144. The van der Waals surface area contributed by atoms with E-state index in [1.165, 1.54) is 25.9 Å². The molecule has 0 saturated carbocycles. The van der Waals surface area contributed by atoms with Crippen molar-refractivity contribution in [1.29, 1.82) is 0 Å². The lowest BCUT2D eigenvalue weighted by Crippen LogP contribution is -2.41. The van der Waals surface area contributed by atoms with E-state index in [2.05, 4.69) is 108 Å². The summed E-state index contributed by atoms with van der Waals surface area (Å²) in [7, 11) is 0. The van der Waals surface area contributed by atoms with Gasteiger partial charge in [0, 0.05) is 29.0 Å². The standard InChI is InChI=1S/C33H40N6O/c1-21(2)29(39-14-6-7-15-39)20-40-26-12-10-22-16-24(9-8-23(22)17-26)31-27-18-25(11-13-28(27)35-37-31)32-34-30(36-38-32)19-33(3,4)5/h8-13,16-18,21,29H,6-7,14-15,19-20H2,1-5H3,(H,35,37)(H,34,36,38). The number of aromatic nitrogens is 5. The molecule has 1 aliphatic heterocycles. The van der Waals surface area contributed by atoms with Crippen LogP contribution in [0.15, 0.2) is 54.6 Å². The van der Waals surface area contributed by atoms with Gasteiger partial charge in [-0.2, -0.15) is 10.2 Å². The SMILES string of the molecule is CC(C)C(COc1ccc2cc(-c3n[nH]c4ccc(-c5n[nH]c(CC(C)(C)C)n5)cc34)ccc2c1)N1CCCC1. The van der Waals surface area contributed by atoms with E-state index >= 15 is 0 Å². The van der Waals surface area contributed by atoms with E-state index in [1.807, 2.05) is 6.07 Å². The lowest BCUT2D eigenvalue weighted by Gasteiger charge is -2.30. The second-order valence-corrected chi connectivity index (χ2v) is 12.8. The third kappa shape index (κ3) is 5.61. The van der Waals surface area contributed by atoms with E-state index in [0.29, 0.717) is 17.8 Å². The van der Waals surface area contributed by atoms with E-state index in [9.17, 15) is 0 Å².